The molecule has 1 aliphatic heterocycles. The van der Waals surface area contributed by atoms with E-state index in [9.17, 15) is 0 Å². The molecule has 0 spiro atoms. The number of halogens is 1. The summed E-state index contributed by atoms with van der Waals surface area (Å²) >= 11 is 6.36. The summed E-state index contributed by atoms with van der Waals surface area (Å²) in [5.41, 5.74) is 0. The summed E-state index contributed by atoms with van der Waals surface area (Å²) < 4.78 is 10.3. The lowest BCUT2D eigenvalue weighted by atomic mass is 10.1. The molecule has 8 heteroatoms. The maximum atomic E-state index is 6.36. The van der Waals surface area contributed by atoms with Crippen molar-refractivity contribution in [2.45, 2.75) is 13.2 Å². The molecule has 3 heterocycles. The van der Waals surface area contributed by atoms with E-state index >= 15 is 0 Å². The Morgan fingerprint density at radius 2 is 1.96 bits per heavy atom. The maximum absolute atomic E-state index is 6.36. The van der Waals surface area contributed by atoms with Gasteiger partial charge in [0.05, 0.1) is 6.54 Å². The molecule has 0 bridgehead atoms. The van der Waals surface area contributed by atoms with Crippen LogP contribution in [0.1, 0.15) is 11.7 Å². The fourth-order valence-corrected chi connectivity index (χ4v) is 3.43. The number of pyridine rings is 1. The zero-order chi connectivity index (χ0) is 17.9. The summed E-state index contributed by atoms with van der Waals surface area (Å²) in [6, 6.07) is 10.2. The maximum Gasteiger partial charge on any atom is 0.240 e. The van der Waals surface area contributed by atoms with Crippen molar-refractivity contribution < 1.29 is 9.26 Å². The van der Waals surface area contributed by atoms with Crippen molar-refractivity contribution in [2.24, 2.45) is 0 Å². The van der Waals surface area contributed by atoms with E-state index in [0.29, 0.717) is 30.0 Å². The Hall–Kier alpha value is -2.22. The van der Waals surface area contributed by atoms with Gasteiger partial charge in [0.2, 0.25) is 5.89 Å². The molecule has 2 aromatic heterocycles. The third-order valence-corrected chi connectivity index (χ3v) is 4.81. The highest BCUT2D eigenvalue weighted by Crippen LogP contribution is 2.26. The van der Waals surface area contributed by atoms with Gasteiger partial charge in [0.15, 0.2) is 5.82 Å². The molecule has 0 unspecified atom stereocenters. The third-order valence-electron chi connectivity index (χ3n) is 4.52. The molecule has 0 amide bonds. The van der Waals surface area contributed by atoms with Crippen LogP contribution in [0, 0.1) is 0 Å². The lowest BCUT2D eigenvalue weighted by Crippen LogP contribution is -2.46. The van der Waals surface area contributed by atoms with E-state index < -0.39 is 0 Å². The second-order valence-corrected chi connectivity index (χ2v) is 6.65. The lowest BCUT2D eigenvalue weighted by molar-refractivity contribution is 0.174. The number of anilines is 1. The van der Waals surface area contributed by atoms with Gasteiger partial charge in [-0.05, 0) is 11.5 Å². The van der Waals surface area contributed by atoms with Gasteiger partial charge in [-0.1, -0.05) is 41.0 Å². The minimum atomic E-state index is 0.367. The Balaban J connectivity index is 1.40. The molecular weight excluding hydrogens is 354 g/mol. The minimum Gasteiger partial charge on any atom is -0.377 e. The van der Waals surface area contributed by atoms with Gasteiger partial charge < -0.3 is 14.2 Å². The van der Waals surface area contributed by atoms with E-state index in [1.807, 2.05) is 18.2 Å². The first-order valence-corrected chi connectivity index (χ1v) is 8.94. The number of benzene rings is 1. The van der Waals surface area contributed by atoms with Gasteiger partial charge in [0.25, 0.3) is 0 Å². The highest BCUT2D eigenvalue weighted by molar-refractivity contribution is 6.34. The quantitative estimate of drug-likeness (QED) is 0.637. The molecule has 1 aromatic carbocycles. The van der Waals surface area contributed by atoms with E-state index in [1.54, 1.807) is 7.11 Å². The average Bonchev–Trinajstić information content (AvgIpc) is 3.10. The van der Waals surface area contributed by atoms with E-state index in [2.05, 4.69) is 37.1 Å². The van der Waals surface area contributed by atoms with Gasteiger partial charge in [-0.15, -0.1) is 0 Å². The summed E-state index contributed by atoms with van der Waals surface area (Å²) in [6.07, 6.45) is 0. The van der Waals surface area contributed by atoms with Crippen molar-refractivity contribution in [3.8, 4) is 0 Å². The summed E-state index contributed by atoms with van der Waals surface area (Å²) in [4.78, 5) is 13.5. The van der Waals surface area contributed by atoms with Crippen molar-refractivity contribution in [1.82, 2.24) is 20.0 Å². The number of hydrogen-bond acceptors (Lipinski definition) is 7. The van der Waals surface area contributed by atoms with Gasteiger partial charge in [-0.2, -0.15) is 4.98 Å². The van der Waals surface area contributed by atoms with Gasteiger partial charge in [-0.3, -0.25) is 4.90 Å². The van der Waals surface area contributed by atoms with Crippen LogP contribution in [0.5, 0.6) is 0 Å². The average molecular weight is 374 g/mol. The Kier molecular flexibility index (Phi) is 5.01. The molecule has 0 radical (unpaired) electrons. The number of fused-ring (bicyclic) bond motifs is 1. The Labute approximate surface area is 156 Å². The number of aromatic nitrogens is 3. The van der Waals surface area contributed by atoms with Crippen molar-refractivity contribution in [3.63, 3.8) is 0 Å². The fourth-order valence-electron chi connectivity index (χ4n) is 3.17. The van der Waals surface area contributed by atoms with Gasteiger partial charge in [0.1, 0.15) is 17.6 Å². The number of nitrogens with zero attached hydrogens (tertiary/aromatic N) is 5. The van der Waals surface area contributed by atoms with Crippen LogP contribution in [0.15, 0.2) is 34.9 Å². The first kappa shape index (κ1) is 17.2. The van der Waals surface area contributed by atoms with Crippen LogP contribution >= 0.6 is 11.6 Å². The first-order valence-electron chi connectivity index (χ1n) is 8.56. The zero-order valence-corrected chi connectivity index (χ0v) is 15.3. The minimum absolute atomic E-state index is 0.367. The smallest absolute Gasteiger partial charge is 0.240 e. The highest BCUT2D eigenvalue weighted by atomic mass is 35.5. The summed E-state index contributed by atoms with van der Waals surface area (Å²) in [7, 11) is 1.61. The predicted octanol–water partition coefficient (Wildman–Crippen LogP) is 2.74. The molecule has 0 N–H and O–H groups in total. The number of rotatable bonds is 5. The Morgan fingerprint density at radius 1 is 1.15 bits per heavy atom. The molecule has 136 valence electrons. The van der Waals surface area contributed by atoms with Crippen molar-refractivity contribution in [2.75, 3.05) is 38.2 Å². The van der Waals surface area contributed by atoms with Gasteiger partial charge in [-0.25, -0.2) is 4.98 Å². The topological polar surface area (TPSA) is 67.5 Å². The van der Waals surface area contributed by atoms with Crippen LogP contribution < -0.4 is 4.90 Å². The monoisotopic (exact) mass is 373 g/mol. The van der Waals surface area contributed by atoms with Crippen molar-refractivity contribution >= 4 is 28.2 Å². The molecule has 26 heavy (non-hydrogen) atoms. The van der Waals surface area contributed by atoms with E-state index in [-0.39, 0.29) is 0 Å². The van der Waals surface area contributed by atoms with Crippen LogP contribution in [0.2, 0.25) is 5.15 Å². The SMILES string of the molecule is COCc1noc(CN2CCN(c3cc4ccccc4c(Cl)n3)CC2)n1. The molecule has 0 saturated carbocycles. The van der Waals surface area contributed by atoms with Crippen molar-refractivity contribution in [3.05, 3.63) is 47.2 Å². The largest absolute Gasteiger partial charge is 0.377 e. The van der Waals surface area contributed by atoms with E-state index in [0.717, 1.165) is 42.8 Å². The van der Waals surface area contributed by atoms with Crippen LogP contribution in [0.25, 0.3) is 10.8 Å². The van der Waals surface area contributed by atoms with Crippen LogP contribution in [0.3, 0.4) is 0 Å². The highest BCUT2D eigenvalue weighted by Gasteiger charge is 2.21. The van der Waals surface area contributed by atoms with Crippen LogP contribution in [-0.4, -0.2) is 53.3 Å². The molecule has 0 aliphatic carbocycles. The first-order chi connectivity index (χ1) is 12.7. The number of methoxy groups -OCH3 is 1. The number of hydrogen-bond donors (Lipinski definition) is 0. The normalized spacial score (nSPS) is 15.7. The molecule has 4 rings (SSSR count). The lowest BCUT2D eigenvalue weighted by Gasteiger charge is -2.34. The second kappa shape index (κ2) is 7.57. The fraction of sp³-hybridized carbons (Fsp3) is 0.389. The molecular formula is C18H20ClN5O2. The molecule has 1 saturated heterocycles. The standard InChI is InChI=1S/C18H20ClN5O2/c1-25-12-15-20-17(26-22-15)11-23-6-8-24(9-7-23)16-10-13-4-2-3-5-14(13)18(19)21-16/h2-5,10H,6-9,11-12H2,1H3. The summed E-state index contributed by atoms with van der Waals surface area (Å²) in [5.74, 6) is 2.13. The molecule has 1 fully saturated rings. The van der Waals surface area contributed by atoms with E-state index in [4.69, 9.17) is 20.9 Å². The third kappa shape index (κ3) is 3.65. The van der Waals surface area contributed by atoms with E-state index in [1.165, 1.54) is 0 Å². The number of ether oxygens (including phenoxy) is 1. The Bertz CT molecular complexity index is 892. The second-order valence-electron chi connectivity index (χ2n) is 6.29. The molecule has 0 atom stereocenters. The van der Waals surface area contributed by atoms with Gasteiger partial charge >= 0.3 is 0 Å². The number of piperazine rings is 1. The van der Waals surface area contributed by atoms with Crippen LogP contribution in [-0.2, 0) is 17.9 Å². The molecule has 3 aromatic rings. The molecule has 7 nitrogen and oxygen atoms in total. The Morgan fingerprint density at radius 3 is 2.77 bits per heavy atom. The summed E-state index contributed by atoms with van der Waals surface area (Å²) in [5, 5.41) is 6.55. The summed E-state index contributed by atoms with van der Waals surface area (Å²) in [6.45, 7) is 4.56. The van der Waals surface area contributed by atoms with Crippen molar-refractivity contribution in [1.29, 1.82) is 0 Å². The predicted molar refractivity (Wildman–Crippen MR) is 99.3 cm³/mol. The molecule has 1 aliphatic rings. The van der Waals surface area contributed by atoms with Gasteiger partial charge in [0, 0.05) is 38.7 Å². The zero-order valence-electron chi connectivity index (χ0n) is 14.6. The van der Waals surface area contributed by atoms with Crippen LogP contribution in [0.4, 0.5) is 5.82 Å².